The molecule has 12 aromatic carbocycles. The lowest BCUT2D eigenvalue weighted by molar-refractivity contribution is 1.27. The molecule has 0 atom stereocenters. The SMILES string of the molecule is Cc1cc(-c2ccccc2)cc(C)c1C.Cc1cc(-c2ccccc2)cc([Si](C)(C)C)c1.Cc1cc(C)cc(-c2ccccc2)c1.Cc1ccc(-c2ccccc2)cc1C.Cc1ccc(-c2ccccc2)cc1[Si](C)(C)C.Cc1ccc([Si](C)(C)C)cc1-c1ccccc1. The van der Waals surface area contributed by atoms with Crippen molar-refractivity contribution in [2.45, 2.75) is 128 Å². The summed E-state index contributed by atoms with van der Waals surface area (Å²) < 4.78 is 0. The normalized spacial score (nSPS) is 10.9. The molecule has 0 aliphatic rings. The van der Waals surface area contributed by atoms with E-state index in [1.807, 2.05) is 12.1 Å². The van der Waals surface area contributed by atoms with Crippen LogP contribution in [0, 0.1) is 69.2 Å². The van der Waals surface area contributed by atoms with Crippen molar-refractivity contribution in [2.75, 3.05) is 0 Å². The van der Waals surface area contributed by atoms with Gasteiger partial charge in [-0.25, -0.2) is 0 Å². The van der Waals surface area contributed by atoms with Gasteiger partial charge in [0.1, 0.15) is 0 Å². The van der Waals surface area contributed by atoms with Crippen LogP contribution in [0.15, 0.2) is 285 Å². The van der Waals surface area contributed by atoms with E-state index in [-0.39, 0.29) is 0 Å². The van der Waals surface area contributed by atoms with Gasteiger partial charge in [-0.3, -0.25) is 0 Å². The summed E-state index contributed by atoms with van der Waals surface area (Å²) in [5.74, 6) is 0. The maximum atomic E-state index is 2.41. The summed E-state index contributed by atoms with van der Waals surface area (Å²) in [6.45, 7) is 43.3. The molecular formula is C91H104Si3. The Bertz CT molecular complexity index is 4260. The van der Waals surface area contributed by atoms with Gasteiger partial charge < -0.3 is 0 Å². The lowest BCUT2D eigenvalue weighted by atomic mass is 9.97. The Labute approximate surface area is 571 Å². The number of aryl methyl sites for hydroxylation is 9. The Morgan fingerprint density at radius 2 is 0.500 bits per heavy atom. The lowest BCUT2D eigenvalue weighted by Gasteiger charge is -2.20. The molecule has 0 bridgehead atoms. The van der Waals surface area contributed by atoms with Gasteiger partial charge in [-0.05, 0) is 169 Å². The minimum Gasteiger partial charge on any atom is -0.0656 e. The monoisotopic (exact) mass is 1280 g/mol. The van der Waals surface area contributed by atoms with Gasteiger partial charge in [0.05, 0.1) is 24.2 Å². The first-order chi connectivity index (χ1) is 44.6. The molecule has 0 saturated carbocycles. The van der Waals surface area contributed by atoms with Crippen LogP contribution in [0.4, 0.5) is 0 Å². The smallest absolute Gasteiger partial charge is 0.0656 e. The highest BCUT2D eigenvalue weighted by Crippen LogP contribution is 2.28. The number of hydrogen-bond donors (Lipinski definition) is 0. The van der Waals surface area contributed by atoms with Crippen molar-refractivity contribution in [2.24, 2.45) is 0 Å². The number of benzene rings is 12. The van der Waals surface area contributed by atoms with Crippen molar-refractivity contribution in [1.29, 1.82) is 0 Å². The molecule has 12 rings (SSSR count). The Balaban J connectivity index is 0.000000160. The quantitative estimate of drug-likeness (QED) is 0.126. The fourth-order valence-electron chi connectivity index (χ4n) is 11.4. The minimum absolute atomic E-state index is 1.22. The third-order valence-corrected chi connectivity index (χ3v) is 23.6. The molecule has 0 radical (unpaired) electrons. The van der Waals surface area contributed by atoms with Crippen molar-refractivity contribution < 1.29 is 0 Å². The molecule has 0 aliphatic carbocycles. The van der Waals surface area contributed by atoms with E-state index in [1.54, 1.807) is 5.19 Å². The Hall–Kier alpha value is -8.71. The van der Waals surface area contributed by atoms with Gasteiger partial charge in [0.25, 0.3) is 0 Å². The predicted octanol–water partition coefficient (Wildman–Crippen LogP) is 24.8. The van der Waals surface area contributed by atoms with Crippen molar-refractivity contribution >= 4 is 39.8 Å². The van der Waals surface area contributed by atoms with E-state index in [0.29, 0.717) is 0 Å². The maximum absolute atomic E-state index is 2.41. The summed E-state index contributed by atoms with van der Waals surface area (Å²) >= 11 is 0. The van der Waals surface area contributed by atoms with Crippen LogP contribution in [0.3, 0.4) is 0 Å². The minimum atomic E-state index is -1.24. The van der Waals surface area contributed by atoms with E-state index >= 15 is 0 Å². The molecule has 3 heteroatoms. The number of hydrogen-bond acceptors (Lipinski definition) is 0. The second-order valence-electron chi connectivity index (χ2n) is 28.5. The summed E-state index contributed by atoms with van der Waals surface area (Å²) in [5.41, 5.74) is 29.5. The van der Waals surface area contributed by atoms with Gasteiger partial charge >= 0.3 is 0 Å². The highest BCUT2D eigenvalue weighted by molar-refractivity contribution is 6.89. The van der Waals surface area contributed by atoms with Crippen LogP contribution in [0.1, 0.15) is 55.6 Å². The first-order valence-corrected chi connectivity index (χ1v) is 44.0. The molecule has 0 spiro atoms. The second kappa shape index (κ2) is 33.9. The van der Waals surface area contributed by atoms with E-state index in [9.17, 15) is 0 Å². The summed E-state index contributed by atoms with van der Waals surface area (Å²) in [6, 6.07) is 102. The first kappa shape index (κ1) is 72.7. The Kier molecular flexibility index (Phi) is 26.2. The molecule has 0 unspecified atom stereocenters. The summed E-state index contributed by atoms with van der Waals surface area (Å²) in [7, 11) is -3.69. The van der Waals surface area contributed by atoms with Crippen LogP contribution in [0.5, 0.6) is 0 Å². The third kappa shape index (κ3) is 22.0. The van der Waals surface area contributed by atoms with Crippen molar-refractivity contribution in [3.05, 3.63) is 341 Å². The second-order valence-corrected chi connectivity index (χ2v) is 43.7. The molecule has 0 amide bonds. The lowest BCUT2D eigenvalue weighted by Crippen LogP contribution is -2.39. The third-order valence-electron chi connectivity index (χ3n) is 17.4. The van der Waals surface area contributed by atoms with E-state index in [0.717, 1.165) is 0 Å². The standard InChI is InChI=1S/3C16H20Si.C15H16.2C14H14/c1-13-10-15(14-8-6-5-7-9-14)12-16(11-13)17(2,3)4;1-13-10-11-15(17(2,3)4)12-16(13)14-8-6-5-7-9-14;1-13-10-11-15(12-16(13)17(2,3)4)14-8-6-5-7-9-14;1-11-9-15(10-12(2)13(11)3)14-7-5-4-6-8-14;1-11-8-12(2)10-14(9-11)13-6-4-3-5-7-13;1-11-8-9-14(10-12(11)2)13-6-4-3-5-7-13/h3*5-12H,1-4H3;4-10H,1-3H3;2*3-10H,1-2H3. The zero-order valence-electron chi connectivity index (χ0n) is 60.1. The molecule has 480 valence electrons. The van der Waals surface area contributed by atoms with E-state index in [4.69, 9.17) is 0 Å². The van der Waals surface area contributed by atoms with Gasteiger partial charge in [-0.1, -0.05) is 382 Å². The average Bonchev–Trinajstić information content (AvgIpc) is 0.854. The zero-order valence-corrected chi connectivity index (χ0v) is 63.1. The molecule has 12 aromatic rings. The Morgan fingerprint density at radius 1 is 0.181 bits per heavy atom. The van der Waals surface area contributed by atoms with Crippen LogP contribution in [-0.2, 0) is 0 Å². The Morgan fingerprint density at radius 3 is 0.883 bits per heavy atom. The van der Waals surface area contributed by atoms with E-state index < -0.39 is 24.2 Å². The fraction of sp³-hybridized carbons (Fsp3) is 0.209. The van der Waals surface area contributed by atoms with Gasteiger partial charge in [0, 0.05) is 0 Å². The van der Waals surface area contributed by atoms with Crippen LogP contribution in [0.25, 0.3) is 66.8 Å². The van der Waals surface area contributed by atoms with Crippen LogP contribution in [0.2, 0.25) is 58.9 Å². The molecule has 0 saturated heterocycles. The summed E-state index contributed by atoms with van der Waals surface area (Å²) in [4.78, 5) is 0. The summed E-state index contributed by atoms with van der Waals surface area (Å²) in [6.07, 6.45) is 0. The molecule has 0 N–H and O–H groups in total. The van der Waals surface area contributed by atoms with Crippen LogP contribution in [-0.4, -0.2) is 24.2 Å². The van der Waals surface area contributed by atoms with Gasteiger partial charge in [-0.2, -0.15) is 0 Å². The van der Waals surface area contributed by atoms with Gasteiger partial charge in [-0.15, -0.1) is 0 Å². The van der Waals surface area contributed by atoms with Gasteiger partial charge in [0.2, 0.25) is 0 Å². The largest absolute Gasteiger partial charge is 0.0779 e. The highest BCUT2D eigenvalue weighted by Gasteiger charge is 2.20. The first-order valence-electron chi connectivity index (χ1n) is 33.5. The maximum Gasteiger partial charge on any atom is 0.0779 e. The van der Waals surface area contributed by atoms with Gasteiger partial charge in [0.15, 0.2) is 0 Å². The fourth-order valence-corrected chi connectivity index (χ4v) is 15.7. The molecule has 0 heterocycles. The predicted molar refractivity (Wildman–Crippen MR) is 428 cm³/mol. The number of rotatable bonds is 9. The molecule has 94 heavy (non-hydrogen) atoms. The topological polar surface area (TPSA) is 0 Å². The zero-order chi connectivity index (χ0) is 68.2. The molecule has 0 aliphatic heterocycles. The molecular weight excluding hydrogens is 1180 g/mol. The average molecular weight is 1280 g/mol. The van der Waals surface area contributed by atoms with Crippen molar-refractivity contribution in [1.82, 2.24) is 0 Å². The van der Waals surface area contributed by atoms with Crippen molar-refractivity contribution in [3.63, 3.8) is 0 Å². The van der Waals surface area contributed by atoms with Crippen LogP contribution < -0.4 is 15.6 Å². The summed E-state index contributed by atoms with van der Waals surface area (Å²) in [5, 5.41) is 4.64. The molecule has 0 aromatic heterocycles. The molecule has 0 nitrogen and oxygen atoms in total. The van der Waals surface area contributed by atoms with Crippen molar-refractivity contribution in [3.8, 4) is 66.8 Å². The van der Waals surface area contributed by atoms with E-state index in [2.05, 4.69) is 401 Å². The highest BCUT2D eigenvalue weighted by atomic mass is 28.3. The van der Waals surface area contributed by atoms with Crippen LogP contribution >= 0.6 is 0 Å². The van der Waals surface area contributed by atoms with E-state index in [1.165, 1.54) is 133 Å². The molecule has 0 fully saturated rings.